The number of hydrogen-bond donors (Lipinski definition) is 1. The van der Waals surface area contributed by atoms with Crippen molar-refractivity contribution >= 4 is 21.9 Å². The first kappa shape index (κ1) is 22.9. The molecule has 0 radical (unpaired) electrons. The Morgan fingerprint density at radius 1 is 1.13 bits per heavy atom. The molecule has 1 fully saturated rings. The summed E-state index contributed by atoms with van der Waals surface area (Å²) in [5.41, 5.74) is 1.01. The highest BCUT2D eigenvalue weighted by Gasteiger charge is 2.29. The zero-order chi connectivity index (χ0) is 22.4. The molecule has 1 amide bonds. The van der Waals surface area contributed by atoms with E-state index in [4.69, 9.17) is 4.74 Å². The number of benzene rings is 1. The average molecular weight is 446 g/mol. The summed E-state index contributed by atoms with van der Waals surface area (Å²) >= 11 is 0. The molecule has 0 aliphatic carbocycles. The number of pyridine rings is 1. The zero-order valence-electron chi connectivity index (χ0n) is 17.7. The summed E-state index contributed by atoms with van der Waals surface area (Å²) in [6.07, 6.45) is 1.33. The second kappa shape index (κ2) is 10.0. The Kier molecular flexibility index (Phi) is 7.40. The lowest BCUT2D eigenvalue weighted by Gasteiger charge is -2.31. The number of esters is 1. The van der Waals surface area contributed by atoms with Gasteiger partial charge in [-0.15, -0.1) is 0 Å². The first-order valence-corrected chi connectivity index (χ1v) is 11.7. The molecule has 0 bridgehead atoms. The predicted molar refractivity (Wildman–Crippen MR) is 115 cm³/mol. The lowest BCUT2D eigenvalue weighted by molar-refractivity contribution is 0.0524. The van der Waals surface area contributed by atoms with Gasteiger partial charge in [0.25, 0.3) is 5.91 Å². The summed E-state index contributed by atoms with van der Waals surface area (Å²) in [6, 6.07) is 11.5. The normalized spacial score (nSPS) is 15.4. The van der Waals surface area contributed by atoms with Crippen LogP contribution in [0.3, 0.4) is 0 Å². The van der Waals surface area contributed by atoms with Crippen LogP contribution in [0.5, 0.6) is 0 Å². The Morgan fingerprint density at radius 2 is 1.81 bits per heavy atom. The van der Waals surface area contributed by atoms with Crippen LogP contribution in [0.25, 0.3) is 0 Å². The third kappa shape index (κ3) is 5.48. The summed E-state index contributed by atoms with van der Waals surface area (Å²) in [5.74, 6) is -0.597. The number of ether oxygens (including phenoxy) is 1. The number of carbonyl (C=O) groups is 2. The van der Waals surface area contributed by atoms with Crippen molar-refractivity contribution in [2.75, 3.05) is 26.2 Å². The van der Waals surface area contributed by atoms with Gasteiger partial charge in [-0.3, -0.25) is 4.79 Å². The minimum absolute atomic E-state index is 0.186. The van der Waals surface area contributed by atoms with Gasteiger partial charge >= 0.3 is 5.97 Å². The second-order valence-electron chi connectivity index (χ2n) is 7.42. The van der Waals surface area contributed by atoms with E-state index in [1.54, 1.807) is 50.2 Å². The quantitative estimate of drug-likeness (QED) is 0.656. The average Bonchev–Trinajstić information content (AvgIpc) is 2.78. The van der Waals surface area contributed by atoms with Crippen molar-refractivity contribution in [1.29, 1.82) is 0 Å². The van der Waals surface area contributed by atoms with Gasteiger partial charge < -0.3 is 10.1 Å². The molecule has 166 valence electrons. The van der Waals surface area contributed by atoms with Gasteiger partial charge in [0.2, 0.25) is 10.0 Å². The minimum atomic E-state index is -3.48. The number of piperidine rings is 1. The maximum atomic E-state index is 12.7. The van der Waals surface area contributed by atoms with Crippen molar-refractivity contribution < 1.29 is 22.7 Å². The molecule has 1 N–H and O–H groups in total. The summed E-state index contributed by atoms with van der Waals surface area (Å²) in [7, 11) is -3.48. The van der Waals surface area contributed by atoms with Crippen LogP contribution >= 0.6 is 0 Å². The van der Waals surface area contributed by atoms with Crippen LogP contribution in [0.4, 0.5) is 0 Å². The molecule has 0 saturated carbocycles. The fraction of sp³-hybridized carbons (Fsp3) is 0.409. The monoisotopic (exact) mass is 445 g/mol. The molecule has 1 saturated heterocycles. The lowest BCUT2D eigenvalue weighted by atomic mass is 9.98. The van der Waals surface area contributed by atoms with Crippen molar-refractivity contribution in [1.82, 2.24) is 14.6 Å². The molecule has 8 nitrogen and oxygen atoms in total. The van der Waals surface area contributed by atoms with Gasteiger partial charge in [-0.25, -0.2) is 18.2 Å². The van der Waals surface area contributed by atoms with Crippen molar-refractivity contribution in [3.8, 4) is 0 Å². The van der Waals surface area contributed by atoms with E-state index in [1.165, 1.54) is 10.4 Å². The molecule has 1 aromatic carbocycles. The van der Waals surface area contributed by atoms with Crippen molar-refractivity contribution in [3.63, 3.8) is 0 Å². The molecule has 2 aromatic rings. The number of rotatable bonds is 7. The Bertz CT molecular complexity index is 1030. The topological polar surface area (TPSA) is 106 Å². The van der Waals surface area contributed by atoms with Gasteiger partial charge in [0.15, 0.2) is 0 Å². The van der Waals surface area contributed by atoms with E-state index in [-0.39, 0.29) is 24.1 Å². The molecular formula is C22H27N3O5S. The van der Waals surface area contributed by atoms with Crippen LogP contribution in [0, 0.1) is 12.8 Å². The van der Waals surface area contributed by atoms with E-state index >= 15 is 0 Å². The first-order valence-electron chi connectivity index (χ1n) is 10.3. The first-order chi connectivity index (χ1) is 14.8. The standard InChI is InChI=1S/C22H27N3O5S/c1-3-30-22(27)19-9-10-20(24-16(19)2)21(26)23-15-17-11-13-25(14-12-17)31(28,29)18-7-5-4-6-8-18/h4-10,17H,3,11-15H2,1-2H3,(H,23,26). The molecular weight excluding hydrogens is 418 g/mol. The summed E-state index contributed by atoms with van der Waals surface area (Å²) < 4.78 is 31.9. The maximum absolute atomic E-state index is 12.7. The van der Waals surface area contributed by atoms with Crippen LogP contribution in [-0.2, 0) is 14.8 Å². The molecule has 9 heteroatoms. The van der Waals surface area contributed by atoms with Crippen molar-refractivity contribution in [2.24, 2.45) is 5.92 Å². The highest BCUT2D eigenvalue weighted by molar-refractivity contribution is 7.89. The number of sulfonamides is 1. The van der Waals surface area contributed by atoms with Gasteiger partial charge in [0, 0.05) is 19.6 Å². The van der Waals surface area contributed by atoms with E-state index < -0.39 is 16.0 Å². The molecule has 0 spiro atoms. The van der Waals surface area contributed by atoms with Crippen LogP contribution in [0.1, 0.15) is 46.3 Å². The Hall–Kier alpha value is -2.78. The number of nitrogens with zero attached hydrogens (tertiary/aromatic N) is 2. The molecule has 1 aliphatic heterocycles. The minimum Gasteiger partial charge on any atom is -0.462 e. The van der Waals surface area contributed by atoms with Gasteiger partial charge in [0.1, 0.15) is 5.69 Å². The molecule has 1 aromatic heterocycles. The van der Waals surface area contributed by atoms with Crippen LogP contribution < -0.4 is 5.32 Å². The Morgan fingerprint density at radius 3 is 2.42 bits per heavy atom. The molecule has 0 atom stereocenters. The molecule has 31 heavy (non-hydrogen) atoms. The maximum Gasteiger partial charge on any atom is 0.339 e. The highest BCUT2D eigenvalue weighted by Crippen LogP contribution is 2.23. The molecule has 0 unspecified atom stereocenters. The van der Waals surface area contributed by atoms with Crippen LogP contribution in [-0.4, -0.2) is 55.8 Å². The lowest BCUT2D eigenvalue weighted by Crippen LogP contribution is -2.41. The number of hydrogen-bond acceptors (Lipinski definition) is 6. The van der Waals surface area contributed by atoms with Gasteiger partial charge in [0.05, 0.1) is 22.8 Å². The third-order valence-corrected chi connectivity index (χ3v) is 7.23. The number of amides is 1. The zero-order valence-corrected chi connectivity index (χ0v) is 18.5. The summed E-state index contributed by atoms with van der Waals surface area (Å²) in [4.78, 5) is 28.8. The van der Waals surface area contributed by atoms with E-state index in [0.717, 1.165) is 0 Å². The number of aryl methyl sites for hydroxylation is 1. The van der Waals surface area contributed by atoms with Crippen LogP contribution in [0.2, 0.25) is 0 Å². The number of aromatic nitrogens is 1. The van der Waals surface area contributed by atoms with Gasteiger partial charge in [-0.05, 0) is 56.9 Å². The summed E-state index contributed by atoms with van der Waals surface area (Å²) in [6.45, 7) is 4.94. The summed E-state index contributed by atoms with van der Waals surface area (Å²) in [5, 5.41) is 2.87. The van der Waals surface area contributed by atoms with Crippen molar-refractivity contribution in [2.45, 2.75) is 31.6 Å². The number of nitrogens with one attached hydrogen (secondary N) is 1. The second-order valence-corrected chi connectivity index (χ2v) is 9.36. The molecule has 3 rings (SSSR count). The fourth-order valence-electron chi connectivity index (χ4n) is 3.53. The SMILES string of the molecule is CCOC(=O)c1ccc(C(=O)NCC2CCN(S(=O)(=O)c3ccccc3)CC2)nc1C. The van der Waals surface area contributed by atoms with E-state index in [2.05, 4.69) is 10.3 Å². The van der Waals surface area contributed by atoms with E-state index in [0.29, 0.717) is 48.6 Å². The molecule has 2 heterocycles. The van der Waals surface area contributed by atoms with Gasteiger partial charge in [-0.2, -0.15) is 4.31 Å². The predicted octanol–water partition coefficient (Wildman–Crippen LogP) is 2.40. The van der Waals surface area contributed by atoms with E-state index in [1.807, 2.05) is 0 Å². The van der Waals surface area contributed by atoms with Crippen molar-refractivity contribution in [3.05, 3.63) is 59.4 Å². The smallest absolute Gasteiger partial charge is 0.339 e. The third-order valence-electron chi connectivity index (χ3n) is 5.32. The Balaban J connectivity index is 1.52. The van der Waals surface area contributed by atoms with Gasteiger partial charge in [-0.1, -0.05) is 18.2 Å². The van der Waals surface area contributed by atoms with E-state index in [9.17, 15) is 18.0 Å². The number of carbonyl (C=O) groups excluding carboxylic acids is 2. The van der Waals surface area contributed by atoms with Crippen LogP contribution in [0.15, 0.2) is 47.4 Å². The largest absolute Gasteiger partial charge is 0.462 e. The Labute approximate surface area is 182 Å². The fourth-order valence-corrected chi connectivity index (χ4v) is 5.03. The highest BCUT2D eigenvalue weighted by atomic mass is 32.2. The molecule has 1 aliphatic rings.